The van der Waals surface area contributed by atoms with Crippen LogP contribution in [0.25, 0.3) is 0 Å². The molecule has 4 nitrogen and oxygen atoms in total. The number of urea groups is 1. The Bertz CT molecular complexity index is 438. The lowest BCUT2D eigenvalue weighted by atomic mass is 10.0. The van der Waals surface area contributed by atoms with Gasteiger partial charge in [0.25, 0.3) is 0 Å². The summed E-state index contributed by atoms with van der Waals surface area (Å²) in [5.74, 6) is 0.923. The van der Waals surface area contributed by atoms with E-state index in [0.717, 1.165) is 17.7 Å². The zero-order valence-corrected chi connectivity index (χ0v) is 11.1. The van der Waals surface area contributed by atoms with Crippen LogP contribution in [-0.2, 0) is 6.42 Å². The lowest BCUT2D eigenvalue weighted by Crippen LogP contribution is -2.52. The smallest absolute Gasteiger partial charge is 0.315 e. The number of para-hydroxylation sites is 1. The highest BCUT2D eigenvalue weighted by Gasteiger charge is 2.22. The number of carbonyl (C=O) groups excluding carboxylic acids is 1. The van der Waals surface area contributed by atoms with Crippen molar-refractivity contribution in [3.8, 4) is 5.75 Å². The molecule has 0 saturated carbocycles. The van der Waals surface area contributed by atoms with Gasteiger partial charge in [0.15, 0.2) is 0 Å². The monoisotopic (exact) mass is 248 g/mol. The first-order valence-corrected chi connectivity index (χ1v) is 6.23. The van der Waals surface area contributed by atoms with E-state index in [1.54, 1.807) is 0 Å². The highest BCUT2D eigenvalue weighted by molar-refractivity contribution is 5.75. The number of carbonyl (C=O) groups is 1. The summed E-state index contributed by atoms with van der Waals surface area (Å²) in [5.41, 5.74) is 0.919. The van der Waals surface area contributed by atoms with Crippen LogP contribution >= 0.6 is 0 Å². The molecule has 1 atom stereocenters. The van der Waals surface area contributed by atoms with Crippen molar-refractivity contribution in [2.75, 3.05) is 6.61 Å². The molecule has 1 aliphatic heterocycles. The van der Waals surface area contributed by atoms with E-state index in [9.17, 15) is 4.79 Å². The summed E-state index contributed by atoms with van der Waals surface area (Å²) in [5, 5.41) is 5.83. The SMILES string of the molecule is CC(C)(C)NC(=O)NC1COc2ccccc2C1. The van der Waals surface area contributed by atoms with Gasteiger partial charge in [0.1, 0.15) is 12.4 Å². The highest BCUT2D eigenvalue weighted by Crippen LogP contribution is 2.23. The first kappa shape index (κ1) is 12.7. The summed E-state index contributed by atoms with van der Waals surface area (Å²) in [6, 6.07) is 7.82. The molecule has 98 valence electrons. The lowest BCUT2D eigenvalue weighted by molar-refractivity contribution is 0.208. The van der Waals surface area contributed by atoms with E-state index in [1.165, 1.54) is 0 Å². The van der Waals surface area contributed by atoms with E-state index >= 15 is 0 Å². The van der Waals surface area contributed by atoms with Crippen LogP contribution in [0.2, 0.25) is 0 Å². The molecule has 1 aromatic rings. The third-order valence-corrected chi connectivity index (χ3v) is 2.70. The Balaban J connectivity index is 1.92. The van der Waals surface area contributed by atoms with Gasteiger partial charge < -0.3 is 15.4 Å². The third kappa shape index (κ3) is 3.39. The first-order valence-electron chi connectivity index (χ1n) is 6.23. The molecule has 0 spiro atoms. The normalized spacial score (nSPS) is 18.5. The van der Waals surface area contributed by atoms with E-state index in [2.05, 4.69) is 10.6 Å². The summed E-state index contributed by atoms with van der Waals surface area (Å²) in [6.07, 6.45) is 0.813. The number of benzene rings is 1. The second kappa shape index (κ2) is 4.88. The predicted molar refractivity (Wildman–Crippen MR) is 70.8 cm³/mol. The standard InChI is InChI=1S/C14H20N2O2/c1-14(2,3)16-13(17)15-11-8-10-6-4-5-7-12(10)18-9-11/h4-7,11H,8-9H2,1-3H3,(H2,15,16,17). The molecule has 0 fully saturated rings. The van der Waals surface area contributed by atoms with Gasteiger partial charge in [-0.25, -0.2) is 4.79 Å². The number of rotatable bonds is 1. The van der Waals surface area contributed by atoms with Gasteiger partial charge in [-0.15, -0.1) is 0 Å². The molecule has 0 aromatic heterocycles. The second-order valence-corrected chi connectivity index (χ2v) is 5.67. The van der Waals surface area contributed by atoms with Crippen LogP contribution in [0.4, 0.5) is 4.79 Å². The largest absolute Gasteiger partial charge is 0.491 e. The summed E-state index contributed by atoms with van der Waals surface area (Å²) in [4.78, 5) is 11.8. The van der Waals surface area contributed by atoms with Gasteiger partial charge in [0.2, 0.25) is 0 Å². The minimum absolute atomic E-state index is 0.0299. The zero-order valence-electron chi connectivity index (χ0n) is 11.1. The number of hydrogen-bond acceptors (Lipinski definition) is 2. The minimum Gasteiger partial charge on any atom is -0.491 e. The van der Waals surface area contributed by atoms with E-state index in [4.69, 9.17) is 4.74 Å². The molecule has 0 radical (unpaired) electrons. The Kier molecular flexibility index (Phi) is 3.45. The maximum absolute atomic E-state index is 11.8. The average molecular weight is 248 g/mol. The molecule has 2 amide bonds. The van der Waals surface area contributed by atoms with Gasteiger partial charge >= 0.3 is 6.03 Å². The number of hydrogen-bond donors (Lipinski definition) is 2. The van der Waals surface area contributed by atoms with Crippen LogP contribution in [0.15, 0.2) is 24.3 Å². The molecule has 1 unspecified atom stereocenters. The Morgan fingerprint density at radius 1 is 1.33 bits per heavy atom. The maximum Gasteiger partial charge on any atom is 0.315 e. The van der Waals surface area contributed by atoms with Crippen LogP contribution in [0.1, 0.15) is 26.3 Å². The molecule has 0 bridgehead atoms. The molecule has 2 rings (SSSR count). The van der Waals surface area contributed by atoms with Crippen molar-refractivity contribution in [3.63, 3.8) is 0 Å². The van der Waals surface area contributed by atoms with Gasteiger partial charge in [0, 0.05) is 5.54 Å². The number of amides is 2. The highest BCUT2D eigenvalue weighted by atomic mass is 16.5. The number of nitrogens with one attached hydrogen (secondary N) is 2. The van der Waals surface area contributed by atoms with E-state index in [1.807, 2.05) is 45.0 Å². The molecular formula is C14H20N2O2. The van der Waals surface area contributed by atoms with Crippen LogP contribution in [0.3, 0.4) is 0 Å². The van der Waals surface area contributed by atoms with Crippen LogP contribution < -0.4 is 15.4 Å². The number of ether oxygens (including phenoxy) is 1. The fraction of sp³-hybridized carbons (Fsp3) is 0.500. The Morgan fingerprint density at radius 2 is 2.06 bits per heavy atom. The minimum atomic E-state index is -0.225. The van der Waals surface area contributed by atoms with E-state index in [-0.39, 0.29) is 17.6 Å². The van der Waals surface area contributed by atoms with Crippen molar-refractivity contribution in [3.05, 3.63) is 29.8 Å². The van der Waals surface area contributed by atoms with Gasteiger partial charge in [0.05, 0.1) is 6.04 Å². The number of fused-ring (bicyclic) bond motifs is 1. The van der Waals surface area contributed by atoms with Gasteiger partial charge in [-0.2, -0.15) is 0 Å². The van der Waals surface area contributed by atoms with E-state index in [0.29, 0.717) is 6.61 Å². The topological polar surface area (TPSA) is 50.4 Å². The summed E-state index contributed by atoms with van der Waals surface area (Å²) < 4.78 is 5.62. The van der Waals surface area contributed by atoms with Gasteiger partial charge in [-0.05, 0) is 38.8 Å². The lowest BCUT2D eigenvalue weighted by Gasteiger charge is -2.28. The summed E-state index contributed by atoms with van der Waals surface area (Å²) in [7, 11) is 0. The van der Waals surface area contributed by atoms with Crippen molar-refractivity contribution in [2.45, 2.75) is 38.8 Å². The summed E-state index contributed by atoms with van der Waals surface area (Å²) in [6.45, 7) is 6.40. The van der Waals surface area contributed by atoms with Crippen LogP contribution in [0, 0.1) is 0 Å². The van der Waals surface area contributed by atoms with Crippen molar-refractivity contribution in [1.29, 1.82) is 0 Å². The molecule has 1 heterocycles. The van der Waals surface area contributed by atoms with Crippen LogP contribution in [0.5, 0.6) is 5.75 Å². The predicted octanol–water partition coefficient (Wildman–Crippen LogP) is 2.09. The Hall–Kier alpha value is -1.71. The fourth-order valence-corrected chi connectivity index (χ4v) is 1.98. The zero-order chi connectivity index (χ0) is 13.2. The fourth-order valence-electron chi connectivity index (χ4n) is 1.98. The molecule has 4 heteroatoms. The Morgan fingerprint density at radius 3 is 2.78 bits per heavy atom. The quantitative estimate of drug-likeness (QED) is 0.799. The Labute approximate surface area is 108 Å². The van der Waals surface area contributed by atoms with Crippen molar-refractivity contribution in [2.24, 2.45) is 0 Å². The third-order valence-electron chi connectivity index (χ3n) is 2.70. The maximum atomic E-state index is 11.8. The molecule has 18 heavy (non-hydrogen) atoms. The summed E-state index contributed by atoms with van der Waals surface area (Å²) >= 11 is 0. The second-order valence-electron chi connectivity index (χ2n) is 5.67. The molecule has 1 aliphatic rings. The van der Waals surface area contributed by atoms with Gasteiger partial charge in [-0.3, -0.25) is 0 Å². The van der Waals surface area contributed by atoms with Gasteiger partial charge in [-0.1, -0.05) is 18.2 Å². The van der Waals surface area contributed by atoms with Crippen molar-refractivity contribution < 1.29 is 9.53 Å². The van der Waals surface area contributed by atoms with E-state index < -0.39 is 0 Å². The molecule has 0 aliphatic carbocycles. The van der Waals surface area contributed by atoms with Crippen LogP contribution in [-0.4, -0.2) is 24.2 Å². The first-order chi connectivity index (χ1) is 8.44. The molecule has 0 saturated heterocycles. The van der Waals surface area contributed by atoms with Crippen molar-refractivity contribution >= 4 is 6.03 Å². The molecular weight excluding hydrogens is 228 g/mol. The average Bonchev–Trinajstić information content (AvgIpc) is 2.26. The molecule has 2 N–H and O–H groups in total. The molecule has 1 aromatic carbocycles. The van der Waals surface area contributed by atoms with Crippen molar-refractivity contribution in [1.82, 2.24) is 10.6 Å².